The lowest BCUT2D eigenvalue weighted by Crippen LogP contribution is -2.07. The number of nitrogens with zero attached hydrogens (tertiary/aromatic N) is 2. The van der Waals surface area contributed by atoms with Crippen LogP contribution in [-0.4, -0.2) is 22.5 Å². The normalized spacial score (nSPS) is 10.4. The predicted octanol–water partition coefficient (Wildman–Crippen LogP) is 2.57. The van der Waals surface area contributed by atoms with Gasteiger partial charge < -0.3 is 4.74 Å². The maximum Gasteiger partial charge on any atom is 0.356 e. The molecule has 0 bridgehead atoms. The van der Waals surface area contributed by atoms with Crippen molar-refractivity contribution < 1.29 is 9.53 Å². The monoisotopic (exact) mass is 280 g/mol. The Hall–Kier alpha value is -1.49. The fourth-order valence-corrected chi connectivity index (χ4v) is 1.88. The number of rotatable bonds is 2. The standard InChI is InChI=1S/C11H9BrN2O2/c1-2-16-11(15)9-5-7-3-4-13-6-8(7)10(12)14-9/h3-6H,2H2,1H3. The van der Waals surface area contributed by atoms with Gasteiger partial charge in [-0.2, -0.15) is 0 Å². The quantitative estimate of drug-likeness (QED) is 0.627. The van der Waals surface area contributed by atoms with Crippen LogP contribution in [0.2, 0.25) is 0 Å². The van der Waals surface area contributed by atoms with E-state index in [-0.39, 0.29) is 0 Å². The molecule has 0 aliphatic heterocycles. The molecule has 0 spiro atoms. The average Bonchev–Trinajstić information content (AvgIpc) is 2.29. The minimum Gasteiger partial charge on any atom is -0.461 e. The van der Waals surface area contributed by atoms with Crippen molar-refractivity contribution in [3.8, 4) is 0 Å². The molecule has 2 aromatic rings. The van der Waals surface area contributed by atoms with E-state index in [9.17, 15) is 4.79 Å². The summed E-state index contributed by atoms with van der Waals surface area (Å²) in [6.45, 7) is 2.10. The first-order chi connectivity index (χ1) is 7.72. The summed E-state index contributed by atoms with van der Waals surface area (Å²) < 4.78 is 5.49. The Bertz CT molecular complexity index is 542. The predicted molar refractivity (Wildman–Crippen MR) is 63.2 cm³/mol. The molecule has 0 saturated carbocycles. The third kappa shape index (κ3) is 2.04. The van der Waals surface area contributed by atoms with E-state index >= 15 is 0 Å². The lowest BCUT2D eigenvalue weighted by molar-refractivity contribution is 0.0519. The number of pyridine rings is 2. The number of carbonyl (C=O) groups is 1. The topological polar surface area (TPSA) is 52.1 Å². The van der Waals surface area contributed by atoms with Gasteiger partial charge in [-0.3, -0.25) is 4.98 Å². The number of hydrogen-bond donors (Lipinski definition) is 0. The maximum absolute atomic E-state index is 11.5. The number of fused-ring (bicyclic) bond motifs is 1. The minimum atomic E-state index is -0.415. The van der Waals surface area contributed by atoms with Crippen LogP contribution < -0.4 is 0 Å². The molecule has 4 nitrogen and oxygen atoms in total. The van der Waals surface area contributed by atoms with Crippen LogP contribution >= 0.6 is 15.9 Å². The Morgan fingerprint density at radius 3 is 3.12 bits per heavy atom. The zero-order valence-electron chi connectivity index (χ0n) is 8.61. The van der Waals surface area contributed by atoms with Crippen LogP contribution in [0.25, 0.3) is 10.8 Å². The highest BCUT2D eigenvalue weighted by atomic mass is 79.9. The highest BCUT2D eigenvalue weighted by molar-refractivity contribution is 9.10. The van der Waals surface area contributed by atoms with Gasteiger partial charge in [0.1, 0.15) is 10.3 Å². The van der Waals surface area contributed by atoms with Gasteiger partial charge >= 0.3 is 5.97 Å². The molecule has 0 radical (unpaired) electrons. The van der Waals surface area contributed by atoms with Crippen LogP contribution in [0.5, 0.6) is 0 Å². The number of ether oxygens (including phenoxy) is 1. The first-order valence-electron chi connectivity index (χ1n) is 4.79. The Kier molecular flexibility index (Phi) is 3.14. The lowest BCUT2D eigenvalue weighted by atomic mass is 10.2. The summed E-state index contributed by atoms with van der Waals surface area (Å²) in [5.74, 6) is -0.415. The molecule has 0 fully saturated rings. The van der Waals surface area contributed by atoms with E-state index in [0.29, 0.717) is 16.9 Å². The van der Waals surface area contributed by atoms with Gasteiger partial charge in [0.25, 0.3) is 0 Å². The molecule has 2 rings (SSSR count). The summed E-state index contributed by atoms with van der Waals surface area (Å²) in [5, 5.41) is 1.77. The zero-order valence-corrected chi connectivity index (χ0v) is 10.2. The molecule has 2 aromatic heterocycles. The molecule has 0 aliphatic rings. The Morgan fingerprint density at radius 1 is 1.56 bits per heavy atom. The number of halogens is 1. The third-order valence-corrected chi connectivity index (χ3v) is 2.68. The second kappa shape index (κ2) is 4.57. The molecule has 5 heteroatoms. The molecule has 0 amide bonds. The van der Waals surface area contributed by atoms with Crippen molar-refractivity contribution in [3.63, 3.8) is 0 Å². The zero-order chi connectivity index (χ0) is 11.5. The van der Waals surface area contributed by atoms with Crippen LogP contribution in [0.3, 0.4) is 0 Å². The fourth-order valence-electron chi connectivity index (χ4n) is 1.36. The first kappa shape index (κ1) is 11.0. The molecule has 0 aliphatic carbocycles. The second-order valence-corrected chi connectivity index (χ2v) is 3.87. The van der Waals surface area contributed by atoms with Crippen molar-refractivity contribution in [2.24, 2.45) is 0 Å². The van der Waals surface area contributed by atoms with Crippen LogP contribution in [-0.2, 0) is 4.74 Å². The highest BCUT2D eigenvalue weighted by Gasteiger charge is 2.11. The molecule has 82 valence electrons. The van der Waals surface area contributed by atoms with E-state index in [2.05, 4.69) is 25.9 Å². The van der Waals surface area contributed by atoms with Gasteiger partial charge in [0.05, 0.1) is 6.61 Å². The largest absolute Gasteiger partial charge is 0.461 e. The smallest absolute Gasteiger partial charge is 0.356 e. The van der Waals surface area contributed by atoms with E-state index in [4.69, 9.17) is 4.74 Å². The van der Waals surface area contributed by atoms with Crippen molar-refractivity contribution in [1.82, 2.24) is 9.97 Å². The maximum atomic E-state index is 11.5. The van der Waals surface area contributed by atoms with Crippen molar-refractivity contribution in [3.05, 3.63) is 34.8 Å². The molecule has 16 heavy (non-hydrogen) atoms. The SMILES string of the molecule is CCOC(=O)c1cc2ccncc2c(Br)n1. The van der Waals surface area contributed by atoms with Crippen molar-refractivity contribution in [2.45, 2.75) is 6.92 Å². The van der Waals surface area contributed by atoms with E-state index in [1.165, 1.54) is 0 Å². The lowest BCUT2D eigenvalue weighted by Gasteiger charge is -2.04. The molecular formula is C11H9BrN2O2. The first-order valence-corrected chi connectivity index (χ1v) is 5.59. The number of aromatic nitrogens is 2. The van der Waals surface area contributed by atoms with Crippen molar-refractivity contribution in [2.75, 3.05) is 6.61 Å². The Morgan fingerprint density at radius 2 is 2.38 bits per heavy atom. The molecule has 0 saturated heterocycles. The van der Waals surface area contributed by atoms with E-state index in [1.54, 1.807) is 25.4 Å². The average molecular weight is 281 g/mol. The molecular weight excluding hydrogens is 272 g/mol. The molecule has 2 heterocycles. The van der Waals surface area contributed by atoms with Gasteiger partial charge in [-0.25, -0.2) is 9.78 Å². The van der Waals surface area contributed by atoms with Gasteiger partial charge in [0, 0.05) is 17.8 Å². The van der Waals surface area contributed by atoms with Gasteiger partial charge in [0.2, 0.25) is 0 Å². The summed E-state index contributed by atoms with van der Waals surface area (Å²) in [4.78, 5) is 19.6. The van der Waals surface area contributed by atoms with Crippen LogP contribution in [0.15, 0.2) is 29.1 Å². The van der Waals surface area contributed by atoms with E-state index < -0.39 is 5.97 Å². The summed E-state index contributed by atoms with van der Waals surface area (Å²) in [7, 11) is 0. The molecule has 0 N–H and O–H groups in total. The van der Waals surface area contributed by atoms with Crippen molar-refractivity contribution in [1.29, 1.82) is 0 Å². The third-order valence-electron chi connectivity index (χ3n) is 2.07. The van der Waals surface area contributed by atoms with E-state index in [0.717, 1.165) is 10.8 Å². The van der Waals surface area contributed by atoms with Gasteiger partial charge in [-0.1, -0.05) is 0 Å². The molecule has 0 unspecified atom stereocenters. The number of carbonyl (C=O) groups excluding carboxylic acids is 1. The van der Waals surface area contributed by atoms with E-state index in [1.807, 2.05) is 6.07 Å². The van der Waals surface area contributed by atoms with Crippen molar-refractivity contribution >= 4 is 32.7 Å². The summed E-state index contributed by atoms with van der Waals surface area (Å²) in [5.41, 5.74) is 0.299. The van der Waals surface area contributed by atoms with Crippen LogP contribution in [0, 0.1) is 0 Å². The van der Waals surface area contributed by atoms with Crippen LogP contribution in [0.1, 0.15) is 17.4 Å². The summed E-state index contributed by atoms with van der Waals surface area (Å²) in [6.07, 6.45) is 3.37. The Balaban J connectivity index is 2.53. The van der Waals surface area contributed by atoms with Gasteiger partial charge in [-0.15, -0.1) is 0 Å². The van der Waals surface area contributed by atoms with Crippen LogP contribution in [0.4, 0.5) is 0 Å². The second-order valence-electron chi connectivity index (χ2n) is 3.12. The summed E-state index contributed by atoms with van der Waals surface area (Å²) >= 11 is 3.31. The Labute approximate surface area is 101 Å². The minimum absolute atomic E-state index is 0.299. The molecule has 0 atom stereocenters. The number of hydrogen-bond acceptors (Lipinski definition) is 4. The summed E-state index contributed by atoms with van der Waals surface area (Å²) in [6, 6.07) is 3.52. The fraction of sp³-hybridized carbons (Fsp3) is 0.182. The highest BCUT2D eigenvalue weighted by Crippen LogP contribution is 2.22. The van der Waals surface area contributed by atoms with Gasteiger partial charge in [0.15, 0.2) is 0 Å². The number of esters is 1. The molecule has 0 aromatic carbocycles. The van der Waals surface area contributed by atoms with Gasteiger partial charge in [-0.05, 0) is 40.4 Å².